The summed E-state index contributed by atoms with van der Waals surface area (Å²) in [6.07, 6.45) is 3.53. The van der Waals surface area contributed by atoms with Gasteiger partial charge in [-0.05, 0) is 49.6 Å². The predicted octanol–water partition coefficient (Wildman–Crippen LogP) is 4.82. The Hall–Kier alpha value is -3.39. The molecule has 1 saturated carbocycles. The third-order valence-electron chi connectivity index (χ3n) is 6.21. The second-order valence-corrected chi connectivity index (χ2v) is 9.27. The molecule has 4 rings (SSSR count). The van der Waals surface area contributed by atoms with E-state index in [2.05, 4.69) is 5.32 Å². The second-order valence-electron chi connectivity index (χ2n) is 8.86. The maximum atomic E-state index is 12.8. The molecule has 186 valence electrons. The van der Waals surface area contributed by atoms with Crippen molar-refractivity contribution in [2.24, 2.45) is 5.92 Å². The van der Waals surface area contributed by atoms with Gasteiger partial charge in [0.1, 0.15) is 0 Å². The largest absolute Gasteiger partial charge is 0.494 e. The van der Waals surface area contributed by atoms with Gasteiger partial charge in [0.15, 0.2) is 11.5 Å². The molecular formula is C26H30ClN3O5. The summed E-state index contributed by atoms with van der Waals surface area (Å²) in [5.41, 5.74) is 1.24. The van der Waals surface area contributed by atoms with Crippen LogP contribution in [0.25, 0.3) is 10.8 Å². The van der Waals surface area contributed by atoms with Crippen LogP contribution < -0.4 is 14.8 Å². The number of anilines is 1. The van der Waals surface area contributed by atoms with Gasteiger partial charge in [-0.1, -0.05) is 17.7 Å². The Morgan fingerprint density at radius 3 is 2.60 bits per heavy atom. The van der Waals surface area contributed by atoms with Gasteiger partial charge in [-0.15, -0.1) is 0 Å². The van der Waals surface area contributed by atoms with Crippen LogP contribution in [-0.2, 0) is 9.59 Å². The first-order valence-corrected chi connectivity index (χ1v) is 12.0. The minimum Gasteiger partial charge on any atom is -0.494 e. The number of rotatable bonds is 9. The number of fused-ring (bicyclic) bond motifs is 1. The Morgan fingerprint density at radius 1 is 1.23 bits per heavy atom. The topological polar surface area (TPSA) is 93.0 Å². The summed E-state index contributed by atoms with van der Waals surface area (Å²) >= 11 is 6.49. The minimum absolute atomic E-state index is 0.00621. The van der Waals surface area contributed by atoms with Crippen LogP contribution in [0.2, 0.25) is 5.02 Å². The number of nitrogens with one attached hydrogen (secondary N) is 1. The van der Waals surface area contributed by atoms with Crippen LogP contribution in [0.5, 0.6) is 17.4 Å². The summed E-state index contributed by atoms with van der Waals surface area (Å²) < 4.78 is 12.8. The number of aromatic hydroxyl groups is 1. The Balaban J connectivity index is 1.85. The average molecular weight is 500 g/mol. The molecule has 0 aliphatic heterocycles. The van der Waals surface area contributed by atoms with Crippen LogP contribution in [0.4, 0.5) is 5.69 Å². The van der Waals surface area contributed by atoms with Crippen LogP contribution in [-0.4, -0.2) is 54.2 Å². The minimum atomic E-state index is -0.564. The molecule has 1 atom stereocenters. The summed E-state index contributed by atoms with van der Waals surface area (Å²) in [5.74, 6) is 0.848. The molecule has 35 heavy (non-hydrogen) atoms. The molecule has 1 fully saturated rings. The Morgan fingerprint density at radius 2 is 1.97 bits per heavy atom. The number of benzene rings is 2. The highest BCUT2D eigenvalue weighted by molar-refractivity contribution is 6.36. The van der Waals surface area contributed by atoms with E-state index in [9.17, 15) is 14.7 Å². The molecule has 2 N–H and O–H groups in total. The number of hydrogen-bond donors (Lipinski definition) is 2. The van der Waals surface area contributed by atoms with Crippen molar-refractivity contribution in [1.29, 1.82) is 0 Å². The molecule has 3 aromatic rings. The fourth-order valence-electron chi connectivity index (χ4n) is 4.11. The van der Waals surface area contributed by atoms with E-state index in [-0.39, 0.29) is 30.0 Å². The zero-order valence-corrected chi connectivity index (χ0v) is 21.1. The molecular weight excluding hydrogens is 470 g/mol. The van der Waals surface area contributed by atoms with Crippen LogP contribution >= 0.6 is 11.6 Å². The van der Waals surface area contributed by atoms with Crippen molar-refractivity contribution in [2.45, 2.75) is 32.2 Å². The second kappa shape index (κ2) is 10.1. The van der Waals surface area contributed by atoms with Crippen LogP contribution in [0.15, 0.2) is 36.5 Å². The lowest BCUT2D eigenvalue weighted by Gasteiger charge is -2.23. The first-order chi connectivity index (χ1) is 16.7. The summed E-state index contributed by atoms with van der Waals surface area (Å²) in [6.45, 7) is 2.32. The third kappa shape index (κ3) is 5.03. The predicted molar refractivity (Wildman–Crippen MR) is 136 cm³/mol. The normalized spacial score (nSPS) is 14.0. The Labute approximate surface area is 209 Å². The highest BCUT2D eigenvalue weighted by Gasteiger charge is 2.31. The summed E-state index contributed by atoms with van der Waals surface area (Å²) in [5, 5.41) is 15.8. The van der Waals surface area contributed by atoms with Gasteiger partial charge >= 0.3 is 0 Å². The molecule has 1 heterocycles. The van der Waals surface area contributed by atoms with E-state index in [4.69, 9.17) is 21.1 Å². The van der Waals surface area contributed by atoms with E-state index in [0.717, 1.165) is 18.4 Å². The molecule has 9 heteroatoms. The van der Waals surface area contributed by atoms with E-state index < -0.39 is 6.04 Å². The standard InChI is InChI=1S/C26H30ClN3O5/c1-5-35-22-12-16(8-11-21(22)34-4)20(13-23(31)29(2)3)30-14-17-18(27)9-10-19(24(17)26(30)33)28-25(32)15-6-7-15/h8-12,14-15,20,33H,5-7,13H2,1-4H3,(H,28,32)/t20-/m1/s1. The number of ether oxygens (including phenoxy) is 2. The lowest BCUT2D eigenvalue weighted by Crippen LogP contribution is -2.25. The first kappa shape index (κ1) is 24.7. The van der Waals surface area contributed by atoms with E-state index in [0.29, 0.717) is 39.6 Å². The van der Waals surface area contributed by atoms with Gasteiger partial charge in [-0.3, -0.25) is 9.59 Å². The number of halogens is 1. The van der Waals surface area contributed by atoms with Crippen molar-refractivity contribution >= 4 is 39.9 Å². The van der Waals surface area contributed by atoms with Crippen LogP contribution in [0.1, 0.15) is 37.8 Å². The quantitative estimate of drug-likeness (QED) is 0.440. The van der Waals surface area contributed by atoms with Crippen molar-refractivity contribution in [1.82, 2.24) is 9.47 Å². The average Bonchev–Trinajstić information content (AvgIpc) is 3.63. The first-order valence-electron chi connectivity index (χ1n) is 11.6. The molecule has 1 aromatic heterocycles. The monoisotopic (exact) mass is 499 g/mol. The van der Waals surface area contributed by atoms with Crippen LogP contribution in [0, 0.1) is 5.92 Å². The highest BCUT2D eigenvalue weighted by Crippen LogP contribution is 2.43. The SMILES string of the molecule is CCOc1cc([C@@H](CC(=O)N(C)C)n2cc3c(Cl)ccc(NC(=O)C4CC4)c3c2O)ccc1OC. The molecule has 0 saturated heterocycles. The fraction of sp³-hybridized carbons (Fsp3) is 0.385. The lowest BCUT2D eigenvalue weighted by molar-refractivity contribution is -0.129. The summed E-state index contributed by atoms with van der Waals surface area (Å²) in [6, 6.07) is 8.26. The number of amides is 2. The van der Waals surface area contributed by atoms with Crippen molar-refractivity contribution in [3.8, 4) is 17.4 Å². The van der Waals surface area contributed by atoms with E-state index in [1.54, 1.807) is 50.2 Å². The molecule has 1 aliphatic rings. The molecule has 8 nitrogen and oxygen atoms in total. The zero-order chi connectivity index (χ0) is 25.3. The Kier molecular flexibility index (Phi) is 7.12. The fourth-order valence-corrected chi connectivity index (χ4v) is 4.31. The number of carbonyl (C=O) groups excluding carboxylic acids is 2. The van der Waals surface area contributed by atoms with E-state index >= 15 is 0 Å². The van der Waals surface area contributed by atoms with Crippen molar-refractivity contribution in [3.05, 3.63) is 47.1 Å². The van der Waals surface area contributed by atoms with Gasteiger partial charge in [0.2, 0.25) is 17.7 Å². The Bertz CT molecular complexity index is 1270. The zero-order valence-electron chi connectivity index (χ0n) is 20.3. The maximum Gasteiger partial charge on any atom is 0.227 e. The van der Waals surface area contributed by atoms with E-state index in [1.807, 2.05) is 19.1 Å². The van der Waals surface area contributed by atoms with Crippen molar-refractivity contribution in [3.63, 3.8) is 0 Å². The molecule has 0 radical (unpaired) electrons. The maximum absolute atomic E-state index is 12.8. The number of hydrogen-bond acceptors (Lipinski definition) is 5. The van der Waals surface area contributed by atoms with Gasteiger partial charge in [0.05, 0.1) is 42.3 Å². The molecule has 0 unspecified atom stereocenters. The van der Waals surface area contributed by atoms with Gasteiger partial charge in [0.25, 0.3) is 0 Å². The summed E-state index contributed by atoms with van der Waals surface area (Å²) in [7, 11) is 4.94. The van der Waals surface area contributed by atoms with Gasteiger partial charge in [-0.2, -0.15) is 0 Å². The van der Waals surface area contributed by atoms with Crippen molar-refractivity contribution < 1.29 is 24.2 Å². The smallest absolute Gasteiger partial charge is 0.227 e. The lowest BCUT2D eigenvalue weighted by atomic mass is 10.0. The molecule has 0 bridgehead atoms. The third-order valence-corrected chi connectivity index (χ3v) is 6.54. The number of carbonyl (C=O) groups is 2. The van der Waals surface area contributed by atoms with E-state index in [1.165, 1.54) is 4.90 Å². The highest BCUT2D eigenvalue weighted by atomic mass is 35.5. The van der Waals surface area contributed by atoms with Gasteiger partial charge in [0, 0.05) is 31.6 Å². The molecule has 2 aromatic carbocycles. The summed E-state index contributed by atoms with van der Waals surface area (Å²) in [4.78, 5) is 26.8. The molecule has 0 spiro atoms. The number of nitrogens with zero attached hydrogens (tertiary/aromatic N) is 2. The van der Waals surface area contributed by atoms with Crippen LogP contribution in [0.3, 0.4) is 0 Å². The van der Waals surface area contributed by atoms with Gasteiger partial charge in [-0.25, -0.2) is 0 Å². The number of aromatic nitrogens is 1. The molecule has 2 amide bonds. The molecule has 1 aliphatic carbocycles. The number of methoxy groups -OCH3 is 1. The van der Waals surface area contributed by atoms with Crippen molar-refractivity contribution in [2.75, 3.05) is 33.1 Å². The van der Waals surface area contributed by atoms with Gasteiger partial charge < -0.3 is 29.4 Å².